The normalized spacial score (nSPS) is 12.0. The number of hydrogen-bond acceptors (Lipinski definition) is 3. The van der Waals surface area contributed by atoms with Gasteiger partial charge in [-0.05, 0) is 61.7 Å². The van der Waals surface area contributed by atoms with Crippen molar-refractivity contribution in [2.24, 2.45) is 0 Å². The lowest BCUT2D eigenvalue weighted by Crippen LogP contribution is -2.27. The molecule has 29 heavy (non-hydrogen) atoms. The summed E-state index contributed by atoms with van der Waals surface area (Å²) in [6.07, 6.45) is 1.73. The first kappa shape index (κ1) is 18.8. The summed E-state index contributed by atoms with van der Waals surface area (Å²) in [5.41, 5.74) is 6.36. The van der Waals surface area contributed by atoms with Crippen LogP contribution < -0.4 is 5.32 Å². The van der Waals surface area contributed by atoms with Crippen molar-refractivity contribution in [3.63, 3.8) is 0 Å². The molecule has 0 aliphatic carbocycles. The smallest absolute Gasteiger partial charge is 0.252 e. The van der Waals surface area contributed by atoms with E-state index in [1.165, 1.54) is 11.1 Å². The Hall–Kier alpha value is -3.53. The number of aromatic nitrogens is 2. The van der Waals surface area contributed by atoms with E-state index in [9.17, 15) is 4.79 Å². The number of aryl methyl sites for hydroxylation is 2. The van der Waals surface area contributed by atoms with E-state index in [0.29, 0.717) is 11.3 Å². The summed E-state index contributed by atoms with van der Waals surface area (Å²) in [4.78, 5) is 22.3. The Morgan fingerprint density at radius 2 is 1.69 bits per heavy atom. The van der Waals surface area contributed by atoms with Crippen molar-refractivity contribution in [3.8, 4) is 11.4 Å². The van der Waals surface area contributed by atoms with Gasteiger partial charge in [-0.2, -0.15) is 0 Å². The first-order valence-electron chi connectivity index (χ1n) is 9.72. The van der Waals surface area contributed by atoms with E-state index < -0.39 is 0 Å². The van der Waals surface area contributed by atoms with Crippen LogP contribution in [0.2, 0.25) is 0 Å². The van der Waals surface area contributed by atoms with Gasteiger partial charge in [-0.15, -0.1) is 0 Å². The number of rotatable bonds is 4. The minimum atomic E-state index is -0.119. The van der Waals surface area contributed by atoms with E-state index >= 15 is 0 Å². The molecule has 0 bridgehead atoms. The second-order valence-corrected chi connectivity index (χ2v) is 7.33. The summed E-state index contributed by atoms with van der Waals surface area (Å²) < 4.78 is 0. The third-order valence-electron chi connectivity index (χ3n) is 5.27. The Bertz CT molecular complexity index is 1190. The molecule has 1 amide bonds. The van der Waals surface area contributed by atoms with Gasteiger partial charge in [0.25, 0.3) is 5.91 Å². The van der Waals surface area contributed by atoms with Crippen LogP contribution in [-0.2, 0) is 0 Å². The fourth-order valence-corrected chi connectivity index (χ4v) is 3.40. The number of hydrogen-bond donors (Lipinski definition) is 1. The Balaban J connectivity index is 1.72. The number of carbonyl (C=O) groups excluding carboxylic acids is 1. The predicted octanol–water partition coefficient (Wildman–Crippen LogP) is 5.40. The van der Waals surface area contributed by atoms with Crippen LogP contribution in [0.1, 0.15) is 40.0 Å². The molecule has 4 nitrogen and oxygen atoms in total. The summed E-state index contributed by atoms with van der Waals surface area (Å²) in [6.45, 7) is 6.18. The van der Waals surface area contributed by atoms with Crippen molar-refractivity contribution >= 4 is 16.8 Å². The summed E-state index contributed by atoms with van der Waals surface area (Å²) in [6, 6.07) is 21.4. The van der Waals surface area contributed by atoms with Crippen LogP contribution in [0, 0.1) is 13.8 Å². The number of nitrogens with zero attached hydrogens (tertiary/aromatic N) is 2. The molecule has 0 saturated carbocycles. The molecule has 0 saturated heterocycles. The van der Waals surface area contributed by atoms with Crippen molar-refractivity contribution in [3.05, 3.63) is 95.2 Å². The maximum atomic E-state index is 13.2. The van der Waals surface area contributed by atoms with Crippen molar-refractivity contribution < 1.29 is 4.79 Å². The van der Waals surface area contributed by atoms with E-state index in [1.54, 1.807) is 6.20 Å². The third-order valence-corrected chi connectivity index (χ3v) is 5.27. The molecule has 0 radical (unpaired) electrons. The molecule has 1 N–H and O–H groups in total. The second kappa shape index (κ2) is 7.84. The average Bonchev–Trinajstić information content (AvgIpc) is 2.75. The highest BCUT2D eigenvalue weighted by atomic mass is 16.1. The quantitative estimate of drug-likeness (QED) is 0.515. The molecule has 1 atom stereocenters. The monoisotopic (exact) mass is 381 g/mol. The van der Waals surface area contributed by atoms with Gasteiger partial charge < -0.3 is 5.32 Å². The number of carbonyl (C=O) groups is 1. The first-order valence-corrected chi connectivity index (χ1v) is 9.72. The minimum Gasteiger partial charge on any atom is -0.345 e. The van der Waals surface area contributed by atoms with Gasteiger partial charge in [0.2, 0.25) is 0 Å². The zero-order chi connectivity index (χ0) is 20.4. The molecule has 0 aliphatic heterocycles. The zero-order valence-corrected chi connectivity index (χ0v) is 16.8. The number of amides is 1. The number of fused-ring (bicyclic) bond motifs is 1. The molecule has 4 rings (SSSR count). The van der Waals surface area contributed by atoms with Gasteiger partial charge in [-0.25, -0.2) is 4.98 Å². The lowest BCUT2D eigenvalue weighted by atomic mass is 10.0. The lowest BCUT2D eigenvalue weighted by Gasteiger charge is -2.17. The molecule has 144 valence electrons. The van der Waals surface area contributed by atoms with E-state index in [-0.39, 0.29) is 11.9 Å². The molecule has 0 unspecified atom stereocenters. The largest absolute Gasteiger partial charge is 0.345 e. The molecule has 0 fully saturated rings. The van der Waals surface area contributed by atoms with E-state index in [2.05, 4.69) is 42.3 Å². The molecule has 0 spiro atoms. The van der Waals surface area contributed by atoms with Crippen LogP contribution in [0.25, 0.3) is 22.3 Å². The fraction of sp³-hybridized carbons (Fsp3) is 0.160. The van der Waals surface area contributed by atoms with Crippen LogP contribution >= 0.6 is 0 Å². The number of nitrogens with one attached hydrogen (secondary N) is 1. The summed E-state index contributed by atoms with van der Waals surface area (Å²) in [7, 11) is 0. The summed E-state index contributed by atoms with van der Waals surface area (Å²) >= 11 is 0. The molecular weight excluding hydrogens is 358 g/mol. The average molecular weight is 381 g/mol. The molecule has 2 aromatic carbocycles. The van der Waals surface area contributed by atoms with E-state index in [0.717, 1.165) is 22.2 Å². The zero-order valence-electron chi connectivity index (χ0n) is 16.8. The molecule has 2 heterocycles. The van der Waals surface area contributed by atoms with Crippen LogP contribution in [0.15, 0.2) is 72.9 Å². The van der Waals surface area contributed by atoms with E-state index in [1.807, 2.05) is 55.5 Å². The van der Waals surface area contributed by atoms with Crippen molar-refractivity contribution in [1.29, 1.82) is 0 Å². The van der Waals surface area contributed by atoms with Crippen molar-refractivity contribution in [2.45, 2.75) is 26.8 Å². The van der Waals surface area contributed by atoms with Gasteiger partial charge in [0.1, 0.15) is 0 Å². The van der Waals surface area contributed by atoms with Crippen LogP contribution in [0.4, 0.5) is 0 Å². The molecule has 4 aromatic rings. The number of benzene rings is 2. The molecular formula is C25H23N3O. The third kappa shape index (κ3) is 3.87. The Morgan fingerprint density at radius 1 is 0.897 bits per heavy atom. The number of para-hydroxylation sites is 1. The highest BCUT2D eigenvalue weighted by molar-refractivity contribution is 6.07. The van der Waals surface area contributed by atoms with Crippen molar-refractivity contribution in [1.82, 2.24) is 15.3 Å². The standard InChI is InChI=1S/C25H23N3O/c1-16-11-12-19(14-17(16)2)18(3)27-25(29)21-15-24(23-10-6-7-13-26-23)28-22-9-5-4-8-20(21)22/h4-15,18H,1-3H3,(H,27,29)/t18-/m0/s1. The topological polar surface area (TPSA) is 54.9 Å². The Morgan fingerprint density at radius 3 is 2.45 bits per heavy atom. The van der Waals surface area contributed by atoms with Crippen molar-refractivity contribution in [2.75, 3.05) is 0 Å². The maximum absolute atomic E-state index is 13.2. The van der Waals surface area contributed by atoms with Gasteiger partial charge >= 0.3 is 0 Å². The summed E-state index contributed by atoms with van der Waals surface area (Å²) in [5, 5.41) is 3.97. The van der Waals surface area contributed by atoms with Gasteiger partial charge in [0.15, 0.2) is 0 Å². The van der Waals surface area contributed by atoms with Gasteiger partial charge in [0.05, 0.1) is 28.5 Å². The predicted molar refractivity (Wildman–Crippen MR) is 117 cm³/mol. The maximum Gasteiger partial charge on any atom is 0.252 e. The molecule has 0 aliphatic rings. The van der Waals surface area contributed by atoms with Gasteiger partial charge in [-0.3, -0.25) is 9.78 Å². The van der Waals surface area contributed by atoms with E-state index in [4.69, 9.17) is 4.98 Å². The number of pyridine rings is 2. The highest BCUT2D eigenvalue weighted by Crippen LogP contribution is 2.25. The van der Waals surface area contributed by atoms with Gasteiger partial charge in [0, 0.05) is 11.6 Å². The summed E-state index contributed by atoms with van der Waals surface area (Å²) in [5.74, 6) is -0.119. The molecule has 4 heteroatoms. The lowest BCUT2D eigenvalue weighted by molar-refractivity contribution is 0.0941. The van der Waals surface area contributed by atoms with Crippen LogP contribution in [-0.4, -0.2) is 15.9 Å². The fourth-order valence-electron chi connectivity index (χ4n) is 3.40. The minimum absolute atomic E-state index is 0.105. The van der Waals surface area contributed by atoms with Gasteiger partial charge in [-0.1, -0.05) is 42.5 Å². The second-order valence-electron chi connectivity index (χ2n) is 7.33. The van der Waals surface area contributed by atoms with Crippen LogP contribution in [0.5, 0.6) is 0 Å². The van der Waals surface area contributed by atoms with Crippen LogP contribution in [0.3, 0.4) is 0 Å². The first-order chi connectivity index (χ1) is 14.0. The SMILES string of the molecule is Cc1ccc([C@H](C)NC(=O)c2cc(-c3ccccn3)nc3ccccc23)cc1C. The highest BCUT2D eigenvalue weighted by Gasteiger charge is 2.17. The Labute approximate surface area is 170 Å². The Kier molecular flexibility index (Phi) is 5.09. The molecule has 2 aromatic heterocycles.